The second kappa shape index (κ2) is 5.73. The minimum Gasteiger partial charge on any atom is -0.255 e. The van der Waals surface area contributed by atoms with Crippen LogP contribution in [0.25, 0.3) is 12.2 Å². The van der Waals surface area contributed by atoms with E-state index in [4.69, 9.17) is 11.6 Å². The van der Waals surface area contributed by atoms with Gasteiger partial charge in [-0.15, -0.1) is 0 Å². The molecule has 2 rings (SSSR count). The molecule has 2 aromatic rings. The molecule has 0 amide bonds. The van der Waals surface area contributed by atoms with Gasteiger partial charge in [-0.25, -0.2) is 8.42 Å². The van der Waals surface area contributed by atoms with Gasteiger partial charge in [0.1, 0.15) is 0 Å². The fourth-order valence-electron chi connectivity index (χ4n) is 1.48. The number of halogens is 4. The Balaban J connectivity index is 2.26. The van der Waals surface area contributed by atoms with Gasteiger partial charge in [-0.1, -0.05) is 11.6 Å². The fourth-order valence-corrected chi connectivity index (χ4v) is 2.24. The normalized spacial score (nSPS) is 13.0. The first-order chi connectivity index (χ1) is 10.1. The Labute approximate surface area is 129 Å². The van der Waals surface area contributed by atoms with Gasteiger partial charge in [0.05, 0.1) is 28.2 Å². The van der Waals surface area contributed by atoms with E-state index in [1.54, 1.807) is 0 Å². The Morgan fingerprint density at radius 2 is 2.00 bits per heavy atom. The van der Waals surface area contributed by atoms with E-state index in [1.165, 1.54) is 24.4 Å². The van der Waals surface area contributed by atoms with Crippen LogP contribution in [0.4, 0.5) is 13.2 Å². The standard InChI is InChI=1S/C12H9ClF3N3O2S/c1-22(20,21)19-5-4-9(18-19)2-3-11-10(13)6-8(7-17-11)12(14,15)16/h2-7H,1H3. The van der Waals surface area contributed by atoms with Crippen LogP contribution in [0.2, 0.25) is 5.02 Å². The van der Waals surface area contributed by atoms with Crippen molar-refractivity contribution in [1.82, 2.24) is 14.2 Å². The summed E-state index contributed by atoms with van der Waals surface area (Å²) in [6.07, 6.45) is 1.12. The minimum atomic E-state index is -4.52. The molecule has 0 unspecified atom stereocenters. The Kier molecular flexibility index (Phi) is 4.30. The molecule has 0 aromatic carbocycles. The zero-order chi connectivity index (χ0) is 16.5. The van der Waals surface area contributed by atoms with Crippen molar-refractivity contribution in [3.05, 3.63) is 46.5 Å². The van der Waals surface area contributed by atoms with Crippen LogP contribution in [0.3, 0.4) is 0 Å². The molecule has 0 atom stereocenters. The van der Waals surface area contributed by atoms with E-state index in [-0.39, 0.29) is 10.7 Å². The zero-order valence-corrected chi connectivity index (χ0v) is 12.6. The van der Waals surface area contributed by atoms with Gasteiger partial charge in [-0.3, -0.25) is 4.98 Å². The van der Waals surface area contributed by atoms with Crippen LogP contribution in [-0.4, -0.2) is 28.8 Å². The van der Waals surface area contributed by atoms with E-state index >= 15 is 0 Å². The fraction of sp³-hybridized carbons (Fsp3) is 0.167. The van der Waals surface area contributed by atoms with Crippen molar-refractivity contribution in [1.29, 1.82) is 0 Å². The first-order valence-corrected chi connectivity index (χ1v) is 7.97. The highest BCUT2D eigenvalue weighted by atomic mass is 35.5. The predicted octanol–water partition coefficient (Wildman–Crippen LogP) is 2.93. The molecule has 0 saturated carbocycles. The van der Waals surface area contributed by atoms with Gasteiger partial charge in [0.2, 0.25) is 0 Å². The second-order valence-electron chi connectivity index (χ2n) is 4.30. The summed E-state index contributed by atoms with van der Waals surface area (Å²) in [4.78, 5) is 3.62. The summed E-state index contributed by atoms with van der Waals surface area (Å²) in [5.41, 5.74) is -0.539. The smallest absolute Gasteiger partial charge is 0.255 e. The Morgan fingerprint density at radius 1 is 1.32 bits per heavy atom. The van der Waals surface area contributed by atoms with E-state index in [2.05, 4.69) is 10.1 Å². The van der Waals surface area contributed by atoms with Crippen LogP contribution < -0.4 is 0 Å². The highest BCUT2D eigenvalue weighted by molar-refractivity contribution is 7.89. The summed E-state index contributed by atoms with van der Waals surface area (Å²) in [5.74, 6) is 0. The summed E-state index contributed by atoms with van der Waals surface area (Å²) in [7, 11) is -3.49. The molecule has 2 heterocycles. The van der Waals surface area contributed by atoms with Crippen LogP contribution in [0.15, 0.2) is 24.5 Å². The van der Waals surface area contributed by atoms with E-state index < -0.39 is 21.8 Å². The Morgan fingerprint density at radius 3 is 2.50 bits per heavy atom. The summed E-state index contributed by atoms with van der Waals surface area (Å²) in [6, 6.07) is 2.19. The third-order valence-corrected chi connectivity index (χ3v) is 3.72. The number of pyridine rings is 1. The van der Waals surface area contributed by atoms with Gasteiger partial charge in [-0.05, 0) is 24.3 Å². The van der Waals surface area contributed by atoms with Crippen molar-refractivity contribution in [2.45, 2.75) is 6.18 Å². The molecule has 0 aliphatic rings. The van der Waals surface area contributed by atoms with Crippen molar-refractivity contribution >= 4 is 33.8 Å². The van der Waals surface area contributed by atoms with E-state index in [9.17, 15) is 21.6 Å². The maximum atomic E-state index is 12.5. The number of nitrogens with zero attached hydrogens (tertiary/aromatic N) is 3. The molecule has 22 heavy (non-hydrogen) atoms. The van der Waals surface area contributed by atoms with Gasteiger partial charge < -0.3 is 0 Å². The summed E-state index contributed by atoms with van der Waals surface area (Å²) < 4.78 is 60.7. The lowest BCUT2D eigenvalue weighted by Gasteiger charge is -2.07. The number of rotatable bonds is 3. The number of aromatic nitrogens is 3. The number of hydrogen-bond acceptors (Lipinski definition) is 4. The lowest BCUT2D eigenvalue weighted by molar-refractivity contribution is -0.137. The van der Waals surface area contributed by atoms with E-state index in [0.717, 1.165) is 16.4 Å². The SMILES string of the molecule is CS(=O)(=O)n1ccc(C=Cc2ncc(C(F)(F)F)cc2Cl)n1. The molecule has 0 N–H and O–H groups in total. The van der Waals surface area contributed by atoms with Gasteiger partial charge in [0.15, 0.2) is 0 Å². The molecule has 118 valence electrons. The van der Waals surface area contributed by atoms with Crippen LogP contribution in [-0.2, 0) is 16.2 Å². The maximum Gasteiger partial charge on any atom is 0.417 e. The van der Waals surface area contributed by atoms with Crippen molar-refractivity contribution in [2.24, 2.45) is 0 Å². The molecular weight excluding hydrogens is 343 g/mol. The first kappa shape index (κ1) is 16.5. The van der Waals surface area contributed by atoms with Crippen LogP contribution in [0.5, 0.6) is 0 Å². The molecule has 0 radical (unpaired) electrons. The average Bonchev–Trinajstić information content (AvgIpc) is 2.84. The van der Waals surface area contributed by atoms with Crippen LogP contribution in [0.1, 0.15) is 17.0 Å². The summed E-state index contributed by atoms with van der Waals surface area (Å²) >= 11 is 5.74. The van der Waals surface area contributed by atoms with Crippen molar-refractivity contribution in [3.63, 3.8) is 0 Å². The van der Waals surface area contributed by atoms with Crippen LogP contribution in [0, 0.1) is 0 Å². The molecule has 0 fully saturated rings. The number of alkyl halides is 3. The highest BCUT2D eigenvalue weighted by Crippen LogP contribution is 2.31. The van der Waals surface area contributed by atoms with Gasteiger partial charge in [0.25, 0.3) is 10.0 Å². The van der Waals surface area contributed by atoms with Crippen LogP contribution >= 0.6 is 11.6 Å². The third kappa shape index (κ3) is 3.86. The number of hydrogen-bond donors (Lipinski definition) is 0. The minimum absolute atomic E-state index is 0.114. The predicted molar refractivity (Wildman–Crippen MR) is 75.6 cm³/mol. The molecule has 0 bridgehead atoms. The van der Waals surface area contributed by atoms with E-state index in [1.807, 2.05) is 0 Å². The lowest BCUT2D eigenvalue weighted by Crippen LogP contribution is -2.10. The molecule has 5 nitrogen and oxygen atoms in total. The molecule has 2 aromatic heterocycles. The average molecular weight is 352 g/mol. The molecule has 0 aliphatic heterocycles. The Hall–Kier alpha value is -1.87. The zero-order valence-electron chi connectivity index (χ0n) is 11.0. The molecule has 10 heteroatoms. The highest BCUT2D eigenvalue weighted by Gasteiger charge is 2.31. The third-order valence-electron chi connectivity index (χ3n) is 2.54. The molecular formula is C12H9ClF3N3O2S. The monoisotopic (exact) mass is 351 g/mol. The summed E-state index contributed by atoms with van der Waals surface area (Å²) in [5, 5.41) is 3.60. The molecule has 0 spiro atoms. The van der Waals surface area contributed by atoms with Crippen molar-refractivity contribution in [2.75, 3.05) is 6.26 Å². The largest absolute Gasteiger partial charge is 0.417 e. The van der Waals surface area contributed by atoms with E-state index in [0.29, 0.717) is 11.9 Å². The topological polar surface area (TPSA) is 64.8 Å². The van der Waals surface area contributed by atoms with Gasteiger partial charge in [-0.2, -0.15) is 22.4 Å². The summed E-state index contributed by atoms with van der Waals surface area (Å²) in [6.45, 7) is 0. The molecule has 0 saturated heterocycles. The second-order valence-corrected chi connectivity index (χ2v) is 6.55. The molecule has 0 aliphatic carbocycles. The maximum absolute atomic E-state index is 12.5. The Bertz CT molecular complexity index is 828. The lowest BCUT2D eigenvalue weighted by atomic mass is 10.2. The van der Waals surface area contributed by atoms with Crippen molar-refractivity contribution < 1.29 is 21.6 Å². The van der Waals surface area contributed by atoms with Gasteiger partial charge >= 0.3 is 6.18 Å². The first-order valence-electron chi connectivity index (χ1n) is 5.74. The van der Waals surface area contributed by atoms with Crippen molar-refractivity contribution in [3.8, 4) is 0 Å². The van der Waals surface area contributed by atoms with Gasteiger partial charge in [0, 0.05) is 12.4 Å². The quantitative estimate of drug-likeness (QED) is 0.853.